The minimum Gasteiger partial charge on any atom is -0.465 e. The predicted octanol–water partition coefficient (Wildman–Crippen LogP) is 2.24. The van der Waals surface area contributed by atoms with E-state index in [1.807, 2.05) is 28.7 Å². The Morgan fingerprint density at radius 1 is 1.64 bits per heavy atom. The highest BCUT2D eigenvalue weighted by Crippen LogP contribution is 2.23. The van der Waals surface area contributed by atoms with Gasteiger partial charge in [-0.05, 0) is 34.7 Å². The van der Waals surface area contributed by atoms with Gasteiger partial charge in [-0.15, -0.1) is 12.6 Å². The van der Waals surface area contributed by atoms with E-state index in [0.717, 1.165) is 3.57 Å². The predicted molar refractivity (Wildman–Crippen MR) is 62.5 cm³/mol. The summed E-state index contributed by atoms with van der Waals surface area (Å²) < 4.78 is 5.33. The molecule has 0 heterocycles. The normalized spacial score (nSPS) is 9.29. The zero-order chi connectivity index (χ0) is 10.7. The van der Waals surface area contributed by atoms with Gasteiger partial charge in [0, 0.05) is 8.47 Å². The van der Waals surface area contributed by atoms with Crippen molar-refractivity contribution in [1.29, 1.82) is 5.26 Å². The van der Waals surface area contributed by atoms with Gasteiger partial charge >= 0.3 is 5.97 Å². The van der Waals surface area contributed by atoms with Crippen LogP contribution in [-0.4, -0.2) is 13.1 Å². The summed E-state index contributed by atoms with van der Waals surface area (Å²) >= 11 is 6.19. The molecule has 0 saturated carbocycles. The van der Waals surface area contributed by atoms with E-state index in [2.05, 4.69) is 17.4 Å². The molecule has 0 amide bonds. The van der Waals surface area contributed by atoms with Gasteiger partial charge in [0.15, 0.2) is 0 Å². The van der Waals surface area contributed by atoms with Crippen molar-refractivity contribution in [3.63, 3.8) is 0 Å². The van der Waals surface area contributed by atoms with Crippen LogP contribution in [0.25, 0.3) is 0 Å². The molecule has 0 fully saturated rings. The summed E-state index contributed by atoms with van der Waals surface area (Å²) in [7, 11) is 1.29. The number of benzene rings is 1. The van der Waals surface area contributed by atoms with Crippen LogP contribution in [0.3, 0.4) is 0 Å². The molecule has 0 aliphatic carbocycles. The topological polar surface area (TPSA) is 50.1 Å². The van der Waals surface area contributed by atoms with Crippen LogP contribution in [-0.2, 0) is 4.74 Å². The Kier molecular flexibility index (Phi) is 3.77. The molecule has 1 aromatic carbocycles. The smallest absolute Gasteiger partial charge is 0.339 e. The Morgan fingerprint density at radius 3 is 2.79 bits per heavy atom. The van der Waals surface area contributed by atoms with Crippen molar-refractivity contribution in [3.8, 4) is 6.07 Å². The Morgan fingerprint density at radius 2 is 2.29 bits per heavy atom. The first kappa shape index (κ1) is 11.3. The summed E-state index contributed by atoms with van der Waals surface area (Å²) in [4.78, 5) is 11.8. The third-order valence-electron chi connectivity index (χ3n) is 1.60. The lowest BCUT2D eigenvalue weighted by Gasteiger charge is -2.05. The number of nitrogens with zero attached hydrogens (tertiary/aromatic N) is 1. The number of halogens is 1. The highest BCUT2D eigenvalue weighted by atomic mass is 127. The quantitative estimate of drug-likeness (QED) is 0.491. The van der Waals surface area contributed by atoms with Crippen LogP contribution in [0.4, 0.5) is 0 Å². The van der Waals surface area contributed by atoms with E-state index >= 15 is 0 Å². The van der Waals surface area contributed by atoms with E-state index in [-0.39, 0.29) is 0 Å². The van der Waals surface area contributed by atoms with Gasteiger partial charge in [0.2, 0.25) is 0 Å². The average Bonchev–Trinajstić information content (AvgIpc) is 2.20. The molecule has 0 aromatic heterocycles. The summed E-state index contributed by atoms with van der Waals surface area (Å²) in [5.41, 5.74) is 0.742. The SMILES string of the molecule is COC(=O)c1cc(C#N)cc(I)c1S. The zero-order valence-electron chi connectivity index (χ0n) is 7.24. The van der Waals surface area contributed by atoms with E-state index in [1.54, 1.807) is 6.07 Å². The van der Waals surface area contributed by atoms with Crippen molar-refractivity contribution < 1.29 is 9.53 Å². The first-order valence-electron chi connectivity index (χ1n) is 3.61. The molecular weight excluding hydrogens is 313 g/mol. The van der Waals surface area contributed by atoms with Gasteiger partial charge in [0.05, 0.1) is 24.3 Å². The number of thiol groups is 1. The van der Waals surface area contributed by atoms with Gasteiger partial charge in [-0.1, -0.05) is 0 Å². The van der Waals surface area contributed by atoms with Crippen LogP contribution < -0.4 is 0 Å². The molecule has 0 aliphatic rings. The second-order valence-electron chi connectivity index (χ2n) is 2.46. The Bertz CT molecular complexity index is 426. The van der Waals surface area contributed by atoms with Crippen molar-refractivity contribution in [2.45, 2.75) is 4.90 Å². The standard InChI is InChI=1S/C9H6INO2S/c1-13-9(12)6-2-5(4-11)3-7(10)8(6)14/h2-3,14H,1H3. The van der Waals surface area contributed by atoms with E-state index < -0.39 is 5.97 Å². The number of rotatable bonds is 1. The molecule has 1 rings (SSSR count). The summed E-state index contributed by atoms with van der Waals surface area (Å²) in [6.45, 7) is 0. The summed E-state index contributed by atoms with van der Waals surface area (Å²) in [6, 6.07) is 5.10. The van der Waals surface area contributed by atoms with Crippen LogP contribution in [0.2, 0.25) is 0 Å². The van der Waals surface area contributed by atoms with E-state index in [0.29, 0.717) is 16.0 Å². The minimum absolute atomic E-state index is 0.319. The third kappa shape index (κ3) is 2.19. The molecule has 0 spiro atoms. The van der Waals surface area contributed by atoms with E-state index in [9.17, 15) is 4.79 Å². The number of hydrogen-bond acceptors (Lipinski definition) is 4. The fourth-order valence-corrected chi connectivity index (χ4v) is 1.78. The molecule has 3 nitrogen and oxygen atoms in total. The van der Waals surface area contributed by atoms with Crippen molar-refractivity contribution in [2.75, 3.05) is 7.11 Å². The van der Waals surface area contributed by atoms with Crippen LogP contribution in [0.5, 0.6) is 0 Å². The second kappa shape index (κ2) is 4.66. The number of carbonyl (C=O) groups excluding carboxylic acids is 1. The van der Waals surface area contributed by atoms with Crippen LogP contribution >= 0.6 is 35.2 Å². The molecule has 0 atom stereocenters. The van der Waals surface area contributed by atoms with Gasteiger partial charge in [-0.25, -0.2) is 4.79 Å². The van der Waals surface area contributed by atoms with Gasteiger partial charge in [-0.3, -0.25) is 0 Å². The molecule has 0 unspecified atom stereocenters. The largest absolute Gasteiger partial charge is 0.465 e. The third-order valence-corrected chi connectivity index (χ3v) is 3.36. The molecule has 0 bridgehead atoms. The van der Waals surface area contributed by atoms with Crippen molar-refractivity contribution in [2.24, 2.45) is 0 Å². The van der Waals surface area contributed by atoms with Gasteiger partial charge in [0.1, 0.15) is 0 Å². The zero-order valence-corrected chi connectivity index (χ0v) is 10.3. The lowest BCUT2D eigenvalue weighted by molar-refractivity contribution is 0.0596. The number of carbonyl (C=O) groups is 1. The molecule has 1 aromatic rings. The number of nitriles is 1. The maximum Gasteiger partial charge on any atom is 0.339 e. The first-order valence-corrected chi connectivity index (χ1v) is 5.13. The molecule has 5 heteroatoms. The van der Waals surface area contributed by atoms with Gasteiger partial charge < -0.3 is 4.74 Å². The van der Waals surface area contributed by atoms with Crippen LogP contribution in [0.1, 0.15) is 15.9 Å². The molecule has 14 heavy (non-hydrogen) atoms. The monoisotopic (exact) mass is 319 g/mol. The minimum atomic E-state index is -0.481. The maximum absolute atomic E-state index is 11.3. The average molecular weight is 319 g/mol. The fourth-order valence-electron chi connectivity index (χ4n) is 0.929. The number of hydrogen-bond donors (Lipinski definition) is 1. The summed E-state index contributed by atoms with van der Waals surface area (Å²) in [5.74, 6) is -0.481. The Balaban J connectivity index is 3.36. The van der Waals surface area contributed by atoms with Gasteiger partial charge in [0.25, 0.3) is 0 Å². The Hall–Kier alpha value is -0.740. The number of esters is 1. The highest BCUT2D eigenvalue weighted by Gasteiger charge is 2.13. The lowest BCUT2D eigenvalue weighted by atomic mass is 10.1. The number of ether oxygens (including phenoxy) is 1. The molecule has 0 N–H and O–H groups in total. The van der Waals surface area contributed by atoms with E-state index in [4.69, 9.17) is 5.26 Å². The summed E-state index contributed by atoms with van der Waals surface area (Å²) in [6.07, 6.45) is 0. The second-order valence-corrected chi connectivity index (χ2v) is 4.07. The van der Waals surface area contributed by atoms with Crippen molar-refractivity contribution >= 4 is 41.2 Å². The fraction of sp³-hybridized carbons (Fsp3) is 0.111. The molecule has 0 radical (unpaired) electrons. The highest BCUT2D eigenvalue weighted by molar-refractivity contribution is 14.1. The van der Waals surface area contributed by atoms with Crippen LogP contribution in [0.15, 0.2) is 17.0 Å². The van der Waals surface area contributed by atoms with E-state index in [1.165, 1.54) is 13.2 Å². The summed E-state index contributed by atoms with van der Waals surface area (Å²) in [5, 5.41) is 8.70. The molecule has 72 valence electrons. The van der Waals surface area contributed by atoms with Crippen molar-refractivity contribution in [3.05, 3.63) is 26.8 Å². The van der Waals surface area contributed by atoms with Gasteiger partial charge in [-0.2, -0.15) is 5.26 Å². The van der Waals surface area contributed by atoms with Crippen molar-refractivity contribution in [1.82, 2.24) is 0 Å². The maximum atomic E-state index is 11.3. The lowest BCUT2D eigenvalue weighted by Crippen LogP contribution is -2.04. The molecular formula is C9H6INO2S. The first-order chi connectivity index (χ1) is 6.60. The Labute approximate surface area is 101 Å². The molecule has 0 aliphatic heterocycles. The number of methoxy groups -OCH3 is 1. The van der Waals surface area contributed by atoms with Crippen LogP contribution in [0, 0.1) is 14.9 Å². The molecule has 0 saturated heterocycles.